The van der Waals surface area contributed by atoms with Gasteiger partial charge >= 0.3 is 12.4 Å². The lowest BCUT2D eigenvalue weighted by molar-refractivity contribution is -0.286. The number of nitrogens with one attached hydrogen (secondary N) is 1. The van der Waals surface area contributed by atoms with Crippen molar-refractivity contribution >= 4 is 22.6 Å². The number of ketones is 1. The van der Waals surface area contributed by atoms with Crippen LogP contribution in [0, 0.1) is 0 Å². The first-order chi connectivity index (χ1) is 19.9. The highest BCUT2D eigenvalue weighted by molar-refractivity contribution is 5.98. The molecule has 2 aliphatic rings. The number of fused-ring (bicyclic) bond motifs is 2. The molecule has 1 fully saturated rings. The molecule has 0 radical (unpaired) electrons. The molecule has 3 aromatic carbocycles. The highest BCUT2D eigenvalue weighted by atomic mass is 19.3. The fourth-order valence-corrected chi connectivity index (χ4v) is 5.27. The molecule has 1 aliphatic carbocycles. The van der Waals surface area contributed by atoms with Gasteiger partial charge in [0.05, 0.1) is 11.1 Å². The predicted molar refractivity (Wildman–Crippen MR) is 153 cm³/mol. The Morgan fingerprint density at radius 2 is 1.67 bits per heavy atom. The maximum atomic E-state index is 13.7. The Bertz CT molecular complexity index is 1690. The van der Waals surface area contributed by atoms with E-state index in [0.717, 1.165) is 27.6 Å². The number of Topliss-reactive ketones (excluding diaryl/α,β-unsaturated/α-hetero) is 1. The number of carbonyl (C=O) groups is 2. The number of rotatable bonds is 7. The number of hydrogen-bond acceptors (Lipinski definition) is 6. The van der Waals surface area contributed by atoms with Crippen molar-refractivity contribution in [3.8, 4) is 22.8 Å². The third kappa shape index (κ3) is 5.64. The minimum atomic E-state index is -3.71. The van der Waals surface area contributed by atoms with E-state index in [2.05, 4.69) is 14.8 Å². The van der Waals surface area contributed by atoms with Gasteiger partial charge in [-0.1, -0.05) is 54.6 Å². The molecular formula is C33H30F2N2O5. The first-order valence-electron chi connectivity index (χ1n) is 13.8. The summed E-state index contributed by atoms with van der Waals surface area (Å²) in [5.41, 5.74) is 2.46. The standard InChI is InChI=1S/C33H30F2N2O5/c1-31(2,3)42-30(39)36-19-20-8-10-21(11-9-20)29-25-7-5-4-6-22(25)16-24(37-29)18-28(38)32(14-15-32)23-12-13-26-27(17-23)41-33(34,35)40-26/h4-13,16-17H,14-15,18-19H2,1-3H3,(H,36,39). The van der Waals surface area contributed by atoms with Crippen molar-refractivity contribution in [2.24, 2.45) is 0 Å². The van der Waals surface area contributed by atoms with Gasteiger partial charge in [0.2, 0.25) is 0 Å². The van der Waals surface area contributed by atoms with Crippen LogP contribution >= 0.6 is 0 Å². The van der Waals surface area contributed by atoms with Gasteiger partial charge in [0.25, 0.3) is 0 Å². The number of alkyl halides is 2. The zero-order valence-corrected chi connectivity index (χ0v) is 23.5. The van der Waals surface area contributed by atoms with Crippen LogP contribution in [0.5, 0.6) is 11.5 Å². The molecular weight excluding hydrogens is 542 g/mol. The van der Waals surface area contributed by atoms with Gasteiger partial charge in [-0.3, -0.25) is 9.78 Å². The SMILES string of the molecule is CC(C)(C)OC(=O)NCc1ccc(-c2nc(CC(=O)C3(c4ccc5c(c4)OC(F)(F)O5)CC3)cc3ccccc23)cc1. The summed E-state index contributed by atoms with van der Waals surface area (Å²) in [6, 6.07) is 22.1. The second kappa shape index (κ2) is 10.1. The van der Waals surface area contributed by atoms with Crippen molar-refractivity contribution in [2.45, 2.75) is 63.9 Å². The van der Waals surface area contributed by atoms with E-state index in [1.165, 1.54) is 12.1 Å². The van der Waals surface area contributed by atoms with Crippen LogP contribution < -0.4 is 14.8 Å². The van der Waals surface area contributed by atoms with Crippen LogP contribution in [0.1, 0.15) is 50.4 Å². The van der Waals surface area contributed by atoms with E-state index in [-0.39, 0.29) is 23.7 Å². The summed E-state index contributed by atoms with van der Waals surface area (Å²) in [4.78, 5) is 30.6. The molecule has 1 aliphatic heterocycles. The van der Waals surface area contributed by atoms with Gasteiger partial charge in [-0.15, -0.1) is 8.78 Å². The number of benzene rings is 3. The highest BCUT2D eigenvalue weighted by Gasteiger charge is 2.52. The van der Waals surface area contributed by atoms with E-state index in [1.54, 1.807) is 6.07 Å². The summed E-state index contributed by atoms with van der Waals surface area (Å²) in [5, 5.41) is 4.66. The van der Waals surface area contributed by atoms with Gasteiger partial charge < -0.3 is 19.5 Å². The van der Waals surface area contributed by atoms with Gasteiger partial charge in [0, 0.05) is 29.6 Å². The summed E-state index contributed by atoms with van der Waals surface area (Å²) in [6.07, 6.45) is -2.84. The predicted octanol–water partition coefficient (Wildman–Crippen LogP) is 7.09. The van der Waals surface area contributed by atoms with Crippen molar-refractivity contribution in [1.82, 2.24) is 10.3 Å². The molecule has 9 heteroatoms. The molecule has 4 aromatic rings. The van der Waals surface area contributed by atoms with Gasteiger partial charge in [-0.25, -0.2) is 4.79 Å². The van der Waals surface area contributed by atoms with Crippen LogP contribution in [0.2, 0.25) is 0 Å². The molecule has 6 rings (SSSR count). The van der Waals surface area contributed by atoms with Crippen LogP contribution in [0.25, 0.3) is 22.0 Å². The third-order valence-corrected chi connectivity index (χ3v) is 7.44. The molecule has 1 N–H and O–H groups in total. The van der Waals surface area contributed by atoms with Crippen molar-refractivity contribution in [3.63, 3.8) is 0 Å². The molecule has 1 aromatic heterocycles. The Morgan fingerprint density at radius 3 is 2.38 bits per heavy atom. The fraction of sp³-hybridized carbons (Fsp3) is 0.303. The maximum absolute atomic E-state index is 13.7. The fourth-order valence-electron chi connectivity index (χ4n) is 5.27. The van der Waals surface area contributed by atoms with E-state index < -0.39 is 23.4 Å². The Balaban J connectivity index is 1.23. The average molecular weight is 573 g/mol. The van der Waals surface area contributed by atoms with Gasteiger partial charge in [0.1, 0.15) is 11.4 Å². The molecule has 1 saturated carbocycles. The summed E-state index contributed by atoms with van der Waals surface area (Å²) >= 11 is 0. The number of ether oxygens (including phenoxy) is 3. The molecule has 1 amide bonds. The van der Waals surface area contributed by atoms with Crippen molar-refractivity contribution < 1.29 is 32.6 Å². The lowest BCUT2D eigenvalue weighted by atomic mass is 9.88. The van der Waals surface area contributed by atoms with Crippen LogP contribution in [0.3, 0.4) is 0 Å². The van der Waals surface area contributed by atoms with Gasteiger partial charge in [-0.05, 0) is 68.3 Å². The summed E-state index contributed by atoms with van der Waals surface area (Å²) in [7, 11) is 0. The van der Waals surface area contributed by atoms with Crippen molar-refractivity contribution in [1.29, 1.82) is 0 Å². The smallest absolute Gasteiger partial charge is 0.444 e. The zero-order chi connectivity index (χ0) is 29.7. The summed E-state index contributed by atoms with van der Waals surface area (Å²) in [6.45, 7) is 5.75. The minimum absolute atomic E-state index is 0.0228. The maximum Gasteiger partial charge on any atom is 0.586 e. The number of aromatic nitrogens is 1. The number of carbonyl (C=O) groups excluding carboxylic acids is 2. The van der Waals surface area contributed by atoms with Crippen LogP contribution in [-0.4, -0.2) is 28.8 Å². The molecule has 0 atom stereocenters. The Hall–Kier alpha value is -4.53. The monoisotopic (exact) mass is 572 g/mol. The first-order valence-corrected chi connectivity index (χ1v) is 13.8. The van der Waals surface area contributed by atoms with Crippen LogP contribution in [0.15, 0.2) is 72.8 Å². The quantitative estimate of drug-likeness (QED) is 0.254. The Morgan fingerprint density at radius 1 is 0.952 bits per heavy atom. The number of pyridine rings is 1. The third-order valence-electron chi connectivity index (χ3n) is 7.44. The van der Waals surface area contributed by atoms with E-state index in [4.69, 9.17) is 9.72 Å². The normalized spacial score (nSPS) is 16.2. The Kier molecular flexibility index (Phi) is 6.63. The van der Waals surface area contributed by atoms with Gasteiger partial charge in [-0.2, -0.15) is 0 Å². The van der Waals surface area contributed by atoms with Crippen LogP contribution in [0.4, 0.5) is 13.6 Å². The minimum Gasteiger partial charge on any atom is -0.444 e. The molecule has 7 nitrogen and oxygen atoms in total. The lowest BCUT2D eigenvalue weighted by Gasteiger charge is -2.19. The number of nitrogens with zero attached hydrogens (tertiary/aromatic N) is 1. The molecule has 0 spiro atoms. The van der Waals surface area contributed by atoms with Crippen molar-refractivity contribution in [2.75, 3.05) is 0 Å². The number of alkyl carbamates (subject to hydrolysis) is 1. The number of amides is 1. The number of hydrogen-bond donors (Lipinski definition) is 1. The number of halogens is 2. The summed E-state index contributed by atoms with van der Waals surface area (Å²) < 4.78 is 41.5. The molecule has 0 bridgehead atoms. The van der Waals surface area contributed by atoms with Gasteiger partial charge in [0.15, 0.2) is 11.5 Å². The topological polar surface area (TPSA) is 86.8 Å². The van der Waals surface area contributed by atoms with E-state index in [1.807, 2.05) is 75.4 Å². The molecule has 42 heavy (non-hydrogen) atoms. The van der Waals surface area contributed by atoms with E-state index >= 15 is 0 Å². The first kappa shape index (κ1) is 27.6. The zero-order valence-electron chi connectivity index (χ0n) is 23.5. The highest BCUT2D eigenvalue weighted by Crippen LogP contribution is 2.52. The van der Waals surface area contributed by atoms with E-state index in [9.17, 15) is 18.4 Å². The van der Waals surface area contributed by atoms with E-state index in [0.29, 0.717) is 30.6 Å². The Labute approximate surface area is 241 Å². The second-order valence-electron chi connectivity index (χ2n) is 11.7. The average Bonchev–Trinajstić information content (AvgIpc) is 3.68. The largest absolute Gasteiger partial charge is 0.586 e. The molecule has 0 saturated heterocycles. The van der Waals surface area contributed by atoms with Crippen molar-refractivity contribution in [3.05, 3.63) is 89.6 Å². The molecule has 0 unspecified atom stereocenters. The van der Waals surface area contributed by atoms with Crippen LogP contribution in [-0.2, 0) is 27.9 Å². The molecule has 216 valence electrons. The lowest BCUT2D eigenvalue weighted by Crippen LogP contribution is -2.32. The summed E-state index contributed by atoms with van der Waals surface area (Å²) in [5.74, 6) is -0.127. The second-order valence-corrected chi connectivity index (χ2v) is 11.7. The molecule has 2 heterocycles.